The van der Waals surface area contributed by atoms with Crippen LogP contribution in [0.1, 0.15) is 43.2 Å². The Hall–Kier alpha value is -3.51. The minimum Gasteiger partial charge on any atom is -0.495 e. The highest BCUT2D eigenvalue weighted by Crippen LogP contribution is 2.35. The Morgan fingerprint density at radius 1 is 1.06 bits per heavy atom. The van der Waals surface area contributed by atoms with Crippen molar-refractivity contribution < 1.29 is 18.7 Å². The van der Waals surface area contributed by atoms with Crippen molar-refractivity contribution in [2.24, 2.45) is 0 Å². The van der Waals surface area contributed by atoms with Gasteiger partial charge >= 0.3 is 0 Å². The molecule has 190 valence electrons. The number of allylic oxidation sites excluding steroid dienone is 2. The molecular formula is C30H36N2O4. The van der Waals surface area contributed by atoms with Crippen LogP contribution in [0.5, 0.6) is 0 Å². The summed E-state index contributed by atoms with van der Waals surface area (Å²) in [7, 11) is 1.68. The Morgan fingerprint density at radius 2 is 1.83 bits per heavy atom. The first kappa shape index (κ1) is 25.6. The second-order valence-corrected chi connectivity index (χ2v) is 9.04. The molecule has 1 aliphatic rings. The Labute approximate surface area is 214 Å². The fourth-order valence-corrected chi connectivity index (χ4v) is 4.65. The van der Waals surface area contributed by atoms with Gasteiger partial charge in [0.2, 0.25) is 0 Å². The van der Waals surface area contributed by atoms with Crippen LogP contribution in [0.15, 0.2) is 76.3 Å². The maximum absolute atomic E-state index is 6.34. The normalized spacial score (nSPS) is 15.8. The highest BCUT2D eigenvalue weighted by Gasteiger charge is 2.32. The van der Waals surface area contributed by atoms with Gasteiger partial charge in [-0.05, 0) is 63.3 Å². The Bertz CT molecular complexity index is 1240. The molecule has 0 radical (unpaired) electrons. The number of nitrogens with zero attached hydrogens (tertiary/aromatic N) is 2. The van der Waals surface area contributed by atoms with E-state index in [1.54, 1.807) is 7.11 Å². The van der Waals surface area contributed by atoms with Crippen molar-refractivity contribution in [3.63, 3.8) is 0 Å². The van der Waals surface area contributed by atoms with Gasteiger partial charge in [-0.2, -0.15) is 0 Å². The van der Waals surface area contributed by atoms with Crippen LogP contribution in [0.2, 0.25) is 0 Å². The molecule has 4 rings (SSSR count). The number of hydrogen-bond acceptors (Lipinski definition) is 6. The first-order valence-electron chi connectivity index (χ1n) is 12.5. The first-order valence-corrected chi connectivity index (χ1v) is 12.5. The maximum atomic E-state index is 6.34. The number of aryl methyl sites for hydroxylation is 1. The molecule has 1 unspecified atom stereocenters. The van der Waals surface area contributed by atoms with Gasteiger partial charge in [-0.25, -0.2) is 0 Å². The van der Waals surface area contributed by atoms with Gasteiger partial charge in [-0.1, -0.05) is 53.7 Å². The highest BCUT2D eigenvalue weighted by molar-refractivity contribution is 5.68. The molecule has 3 aromatic rings. The average Bonchev–Trinajstić information content (AvgIpc) is 3.21. The second-order valence-electron chi connectivity index (χ2n) is 9.04. The van der Waals surface area contributed by atoms with Gasteiger partial charge in [0.15, 0.2) is 17.3 Å². The SMILES string of the molecule is CCOCCc1cc(COC2=C(OC)C(C)N(c3noc(C)c3C)C(C)=C2)ccc1-c1ccccc1. The summed E-state index contributed by atoms with van der Waals surface area (Å²) >= 11 is 0. The summed E-state index contributed by atoms with van der Waals surface area (Å²) in [5.74, 6) is 3.12. The Morgan fingerprint density at radius 3 is 2.50 bits per heavy atom. The molecule has 2 aromatic carbocycles. The van der Waals surface area contributed by atoms with Crippen LogP contribution in [0.25, 0.3) is 11.1 Å². The van der Waals surface area contributed by atoms with E-state index in [0.717, 1.165) is 46.3 Å². The van der Waals surface area contributed by atoms with Crippen LogP contribution in [0.4, 0.5) is 5.82 Å². The van der Waals surface area contributed by atoms with Gasteiger partial charge in [0.25, 0.3) is 0 Å². The predicted octanol–water partition coefficient (Wildman–Crippen LogP) is 6.72. The lowest BCUT2D eigenvalue weighted by atomic mass is 9.96. The van der Waals surface area contributed by atoms with Crippen molar-refractivity contribution in [3.05, 3.63) is 94.3 Å². The minimum absolute atomic E-state index is 0.0830. The number of aromatic nitrogens is 1. The number of anilines is 1. The lowest BCUT2D eigenvalue weighted by Crippen LogP contribution is -2.37. The van der Waals surface area contributed by atoms with E-state index >= 15 is 0 Å². The highest BCUT2D eigenvalue weighted by atomic mass is 16.5. The first-order chi connectivity index (χ1) is 17.4. The molecule has 6 heteroatoms. The maximum Gasteiger partial charge on any atom is 0.180 e. The summed E-state index contributed by atoms with van der Waals surface area (Å²) in [6.07, 6.45) is 2.86. The number of methoxy groups -OCH3 is 1. The summed E-state index contributed by atoms with van der Waals surface area (Å²) in [6, 6.07) is 16.9. The lowest BCUT2D eigenvalue weighted by molar-refractivity contribution is 0.151. The molecule has 6 nitrogen and oxygen atoms in total. The van der Waals surface area contributed by atoms with Gasteiger partial charge in [-0.15, -0.1) is 0 Å². The molecule has 0 saturated heterocycles. The largest absolute Gasteiger partial charge is 0.495 e. The van der Waals surface area contributed by atoms with E-state index in [9.17, 15) is 0 Å². The van der Waals surface area contributed by atoms with Crippen molar-refractivity contribution in [1.29, 1.82) is 0 Å². The predicted molar refractivity (Wildman–Crippen MR) is 143 cm³/mol. The van der Waals surface area contributed by atoms with E-state index in [0.29, 0.717) is 19.8 Å². The van der Waals surface area contributed by atoms with E-state index in [4.69, 9.17) is 18.7 Å². The molecule has 0 spiro atoms. The number of ether oxygens (including phenoxy) is 3. The molecule has 0 N–H and O–H groups in total. The molecule has 0 saturated carbocycles. The molecule has 36 heavy (non-hydrogen) atoms. The second kappa shape index (κ2) is 11.5. The molecule has 0 aliphatic carbocycles. The number of rotatable bonds is 10. The lowest BCUT2D eigenvalue weighted by Gasteiger charge is -2.35. The monoisotopic (exact) mass is 488 g/mol. The van der Waals surface area contributed by atoms with E-state index in [1.165, 1.54) is 16.7 Å². The van der Waals surface area contributed by atoms with Crippen LogP contribution in [-0.4, -0.2) is 31.5 Å². The van der Waals surface area contributed by atoms with Crippen LogP contribution in [-0.2, 0) is 27.2 Å². The number of hydrogen-bond donors (Lipinski definition) is 0. The van der Waals surface area contributed by atoms with Gasteiger partial charge in [0.05, 0.1) is 19.8 Å². The van der Waals surface area contributed by atoms with E-state index in [2.05, 4.69) is 66.4 Å². The van der Waals surface area contributed by atoms with Crippen LogP contribution in [0, 0.1) is 13.8 Å². The zero-order valence-corrected chi connectivity index (χ0v) is 22.1. The molecule has 0 fully saturated rings. The van der Waals surface area contributed by atoms with E-state index < -0.39 is 0 Å². The van der Waals surface area contributed by atoms with Crippen molar-refractivity contribution in [3.8, 4) is 11.1 Å². The number of benzene rings is 2. The van der Waals surface area contributed by atoms with Crippen LogP contribution < -0.4 is 4.90 Å². The van der Waals surface area contributed by atoms with Crippen LogP contribution in [0.3, 0.4) is 0 Å². The zero-order valence-electron chi connectivity index (χ0n) is 22.1. The van der Waals surface area contributed by atoms with E-state index in [-0.39, 0.29) is 6.04 Å². The van der Waals surface area contributed by atoms with E-state index in [1.807, 2.05) is 32.9 Å². The standard InChI is InChI=1S/C30H36N2O4/c1-7-34-16-15-26-18-24(13-14-27(26)25-11-9-8-10-12-25)19-35-28-17-20(2)32(22(4)29(28)33-6)30-21(3)23(5)36-31-30/h8-14,17-18,22H,7,15-16,19H2,1-6H3. The topological polar surface area (TPSA) is 57.0 Å². The van der Waals surface area contributed by atoms with Crippen molar-refractivity contribution >= 4 is 5.82 Å². The Balaban J connectivity index is 1.56. The summed E-state index contributed by atoms with van der Waals surface area (Å²) in [6.45, 7) is 12.0. The summed E-state index contributed by atoms with van der Waals surface area (Å²) < 4.78 is 23.2. The van der Waals surface area contributed by atoms with Crippen molar-refractivity contribution in [1.82, 2.24) is 5.16 Å². The minimum atomic E-state index is -0.0830. The average molecular weight is 489 g/mol. The fourth-order valence-electron chi connectivity index (χ4n) is 4.65. The van der Waals surface area contributed by atoms with Crippen molar-refractivity contribution in [2.75, 3.05) is 25.2 Å². The third kappa shape index (κ3) is 5.34. The molecule has 0 bridgehead atoms. The summed E-state index contributed by atoms with van der Waals surface area (Å²) in [5, 5.41) is 4.28. The van der Waals surface area contributed by atoms with Crippen LogP contribution >= 0.6 is 0 Å². The smallest absolute Gasteiger partial charge is 0.180 e. The molecule has 1 aromatic heterocycles. The van der Waals surface area contributed by atoms with Crippen molar-refractivity contribution in [2.45, 2.75) is 53.7 Å². The Kier molecular flexibility index (Phi) is 8.16. The third-order valence-corrected chi connectivity index (χ3v) is 6.68. The fraction of sp³-hybridized carbons (Fsp3) is 0.367. The quantitative estimate of drug-likeness (QED) is 0.295. The van der Waals surface area contributed by atoms with Gasteiger partial charge in [0.1, 0.15) is 12.4 Å². The molecule has 2 heterocycles. The zero-order chi connectivity index (χ0) is 25.7. The third-order valence-electron chi connectivity index (χ3n) is 6.68. The van der Waals surface area contributed by atoms with Gasteiger partial charge in [0, 0.05) is 23.9 Å². The molecule has 1 atom stereocenters. The molecule has 0 amide bonds. The summed E-state index contributed by atoms with van der Waals surface area (Å²) in [4.78, 5) is 2.12. The van der Waals surface area contributed by atoms with Gasteiger partial charge in [-0.3, -0.25) is 0 Å². The van der Waals surface area contributed by atoms with Gasteiger partial charge < -0.3 is 23.6 Å². The molecular weight excluding hydrogens is 452 g/mol. The molecule has 1 aliphatic heterocycles. The summed E-state index contributed by atoms with van der Waals surface area (Å²) in [5.41, 5.74) is 6.83.